The highest BCUT2D eigenvalue weighted by Gasteiger charge is 2.19. The van der Waals surface area contributed by atoms with Crippen LogP contribution in [0.5, 0.6) is 0 Å². The van der Waals surface area contributed by atoms with Crippen LogP contribution in [-0.4, -0.2) is 9.78 Å². The average Bonchev–Trinajstić information content (AvgIpc) is 3.01. The minimum Gasteiger partial charge on any atom is -0.236 e. The number of rotatable bonds is 3. The molecule has 0 bridgehead atoms. The Morgan fingerprint density at radius 1 is 0.720 bits per heavy atom. The lowest BCUT2D eigenvalue weighted by Crippen LogP contribution is -2.00. The first kappa shape index (κ1) is 15.9. The van der Waals surface area contributed by atoms with Crippen molar-refractivity contribution in [3.05, 3.63) is 95.1 Å². The van der Waals surface area contributed by atoms with Gasteiger partial charge in [-0.25, -0.2) is 4.68 Å². The van der Waals surface area contributed by atoms with Gasteiger partial charge in [-0.15, -0.1) is 0 Å². The van der Waals surface area contributed by atoms with Gasteiger partial charge in [0.2, 0.25) is 0 Å². The van der Waals surface area contributed by atoms with Crippen LogP contribution >= 0.6 is 15.9 Å². The third-order valence-electron chi connectivity index (χ3n) is 4.31. The Morgan fingerprint density at radius 2 is 1.28 bits per heavy atom. The molecule has 0 N–H and O–H groups in total. The van der Waals surface area contributed by atoms with Crippen molar-refractivity contribution < 1.29 is 0 Å². The largest absolute Gasteiger partial charge is 0.236 e. The molecule has 3 heteroatoms. The van der Waals surface area contributed by atoms with Crippen molar-refractivity contribution in [1.29, 1.82) is 0 Å². The molecular formula is C22H17BrN2. The lowest BCUT2D eigenvalue weighted by Gasteiger charge is -2.07. The topological polar surface area (TPSA) is 17.8 Å². The first-order valence-corrected chi connectivity index (χ1v) is 9.00. The number of hydrogen-bond acceptors (Lipinski definition) is 1. The Kier molecular flexibility index (Phi) is 4.24. The summed E-state index contributed by atoms with van der Waals surface area (Å²) in [6.07, 6.45) is 0. The molecular weight excluding hydrogens is 372 g/mol. The predicted octanol–water partition coefficient (Wildman–Crippen LogP) is 6.28. The Hall–Kier alpha value is -2.65. The summed E-state index contributed by atoms with van der Waals surface area (Å²) in [5, 5.41) is 4.97. The van der Waals surface area contributed by atoms with E-state index in [0.29, 0.717) is 0 Å². The van der Waals surface area contributed by atoms with Gasteiger partial charge in [-0.1, -0.05) is 72.8 Å². The second kappa shape index (κ2) is 6.69. The quantitative estimate of drug-likeness (QED) is 0.403. The van der Waals surface area contributed by atoms with Gasteiger partial charge < -0.3 is 0 Å². The van der Waals surface area contributed by atoms with Gasteiger partial charge in [-0.05, 0) is 40.5 Å². The van der Waals surface area contributed by atoms with E-state index in [2.05, 4.69) is 77.5 Å². The fraction of sp³-hybridized carbons (Fsp3) is 0.0455. The highest BCUT2D eigenvalue weighted by Crippen LogP contribution is 2.36. The number of para-hydroxylation sites is 1. The van der Waals surface area contributed by atoms with Crippen molar-refractivity contribution in [1.82, 2.24) is 9.78 Å². The van der Waals surface area contributed by atoms with Crippen molar-refractivity contribution in [2.45, 2.75) is 6.92 Å². The number of aromatic nitrogens is 2. The zero-order valence-electron chi connectivity index (χ0n) is 13.9. The van der Waals surface area contributed by atoms with E-state index in [9.17, 15) is 0 Å². The normalized spacial score (nSPS) is 10.8. The minimum atomic E-state index is 1.00. The molecule has 0 aliphatic heterocycles. The molecule has 1 heterocycles. The fourth-order valence-electron chi connectivity index (χ4n) is 3.11. The van der Waals surface area contributed by atoms with E-state index in [1.807, 2.05) is 35.0 Å². The van der Waals surface area contributed by atoms with E-state index in [4.69, 9.17) is 5.10 Å². The average molecular weight is 389 g/mol. The molecule has 0 atom stereocenters. The highest BCUT2D eigenvalue weighted by molar-refractivity contribution is 9.10. The first-order chi connectivity index (χ1) is 12.3. The summed E-state index contributed by atoms with van der Waals surface area (Å²) in [5.41, 5.74) is 6.63. The smallest absolute Gasteiger partial charge is 0.101 e. The number of hydrogen-bond donors (Lipinski definition) is 0. The molecule has 0 unspecified atom stereocenters. The molecule has 2 nitrogen and oxygen atoms in total. The van der Waals surface area contributed by atoms with Crippen LogP contribution < -0.4 is 0 Å². The monoisotopic (exact) mass is 388 g/mol. The zero-order chi connectivity index (χ0) is 17.2. The minimum absolute atomic E-state index is 1.00. The van der Waals surface area contributed by atoms with Crippen LogP contribution in [0.3, 0.4) is 0 Å². The van der Waals surface area contributed by atoms with Crippen LogP contribution in [0.25, 0.3) is 28.1 Å². The van der Waals surface area contributed by atoms with Gasteiger partial charge in [0.15, 0.2) is 0 Å². The molecule has 0 saturated heterocycles. The molecule has 4 rings (SSSR count). The van der Waals surface area contributed by atoms with Gasteiger partial charge in [0.1, 0.15) is 5.69 Å². The van der Waals surface area contributed by atoms with E-state index < -0.39 is 0 Å². The molecule has 4 aromatic rings. The number of nitrogens with zero attached hydrogens (tertiary/aromatic N) is 2. The van der Waals surface area contributed by atoms with Gasteiger partial charge in [-0.2, -0.15) is 5.10 Å². The summed E-state index contributed by atoms with van der Waals surface area (Å²) >= 11 is 3.65. The molecule has 25 heavy (non-hydrogen) atoms. The van der Waals surface area contributed by atoms with E-state index >= 15 is 0 Å². The standard InChI is InChI=1S/C22H17BrN2/c1-16-21(17-10-4-2-5-11-17)22(18-12-6-3-7-13-18)24-25(16)20-15-9-8-14-19(20)23/h2-15H,1H3. The van der Waals surface area contributed by atoms with Crippen LogP contribution in [0.1, 0.15) is 5.69 Å². The molecule has 0 aliphatic carbocycles. The van der Waals surface area contributed by atoms with E-state index in [-0.39, 0.29) is 0 Å². The highest BCUT2D eigenvalue weighted by atomic mass is 79.9. The van der Waals surface area contributed by atoms with Crippen LogP contribution in [0.15, 0.2) is 89.4 Å². The molecule has 0 radical (unpaired) electrons. The molecule has 0 saturated carbocycles. The SMILES string of the molecule is Cc1c(-c2ccccc2)c(-c2ccccc2)nn1-c1ccccc1Br. The summed E-state index contributed by atoms with van der Waals surface area (Å²) in [7, 11) is 0. The summed E-state index contributed by atoms with van der Waals surface area (Å²) < 4.78 is 3.05. The molecule has 122 valence electrons. The van der Waals surface area contributed by atoms with Gasteiger partial charge in [0.05, 0.1) is 5.69 Å². The molecule has 0 spiro atoms. The van der Waals surface area contributed by atoms with Gasteiger partial charge >= 0.3 is 0 Å². The predicted molar refractivity (Wildman–Crippen MR) is 107 cm³/mol. The van der Waals surface area contributed by atoms with Gasteiger partial charge in [0, 0.05) is 21.3 Å². The third-order valence-corrected chi connectivity index (χ3v) is 4.98. The first-order valence-electron chi connectivity index (χ1n) is 8.21. The van der Waals surface area contributed by atoms with Crippen LogP contribution in [-0.2, 0) is 0 Å². The van der Waals surface area contributed by atoms with Gasteiger partial charge in [-0.3, -0.25) is 0 Å². The summed E-state index contributed by atoms with van der Waals surface area (Å²) in [6, 6.07) is 29.0. The van der Waals surface area contributed by atoms with Gasteiger partial charge in [0.25, 0.3) is 0 Å². The van der Waals surface area contributed by atoms with Crippen molar-refractivity contribution in [2.75, 3.05) is 0 Å². The van der Waals surface area contributed by atoms with Crippen LogP contribution in [0.2, 0.25) is 0 Å². The van der Waals surface area contributed by atoms with E-state index in [1.54, 1.807) is 0 Å². The molecule has 3 aromatic carbocycles. The number of benzene rings is 3. The third kappa shape index (κ3) is 2.92. The zero-order valence-corrected chi connectivity index (χ0v) is 15.4. The van der Waals surface area contributed by atoms with Crippen molar-refractivity contribution in [3.8, 4) is 28.1 Å². The van der Waals surface area contributed by atoms with Crippen LogP contribution in [0.4, 0.5) is 0 Å². The molecule has 1 aromatic heterocycles. The van der Waals surface area contributed by atoms with E-state index in [0.717, 1.165) is 27.1 Å². The Morgan fingerprint density at radius 3 is 1.92 bits per heavy atom. The molecule has 0 amide bonds. The maximum absolute atomic E-state index is 4.97. The summed E-state index contributed by atoms with van der Waals surface area (Å²) in [5.74, 6) is 0. The van der Waals surface area contributed by atoms with Crippen LogP contribution in [0, 0.1) is 6.92 Å². The second-order valence-electron chi connectivity index (χ2n) is 5.90. The lowest BCUT2D eigenvalue weighted by atomic mass is 9.99. The van der Waals surface area contributed by atoms with Crippen molar-refractivity contribution in [2.24, 2.45) is 0 Å². The fourth-order valence-corrected chi connectivity index (χ4v) is 3.56. The van der Waals surface area contributed by atoms with Crippen molar-refractivity contribution in [3.63, 3.8) is 0 Å². The molecule has 0 fully saturated rings. The van der Waals surface area contributed by atoms with Crippen molar-refractivity contribution >= 4 is 15.9 Å². The maximum atomic E-state index is 4.97. The lowest BCUT2D eigenvalue weighted by molar-refractivity contribution is 0.846. The summed E-state index contributed by atoms with van der Waals surface area (Å²) in [4.78, 5) is 0. The Bertz CT molecular complexity index is 1000. The Balaban J connectivity index is 2.01. The maximum Gasteiger partial charge on any atom is 0.101 e. The second-order valence-corrected chi connectivity index (χ2v) is 6.76. The Labute approximate surface area is 155 Å². The molecule has 0 aliphatic rings. The van der Waals surface area contributed by atoms with E-state index in [1.165, 1.54) is 11.1 Å². The number of halogens is 1. The summed E-state index contributed by atoms with van der Waals surface area (Å²) in [6.45, 7) is 2.13.